The van der Waals surface area contributed by atoms with Crippen LogP contribution < -0.4 is 9.62 Å². The molecular weight excluding hydrogens is 505 g/mol. The summed E-state index contributed by atoms with van der Waals surface area (Å²) in [5, 5.41) is 2.98. The van der Waals surface area contributed by atoms with Crippen molar-refractivity contribution in [2.24, 2.45) is 0 Å². The van der Waals surface area contributed by atoms with Gasteiger partial charge in [0.25, 0.3) is 0 Å². The lowest BCUT2D eigenvalue weighted by atomic mass is 10.0. The van der Waals surface area contributed by atoms with Crippen LogP contribution >= 0.6 is 0 Å². The van der Waals surface area contributed by atoms with E-state index in [2.05, 4.69) is 5.32 Å². The predicted molar refractivity (Wildman–Crippen MR) is 147 cm³/mol. The molecule has 0 aliphatic carbocycles. The Morgan fingerprint density at radius 2 is 1.53 bits per heavy atom. The first kappa shape index (κ1) is 28.8. The summed E-state index contributed by atoms with van der Waals surface area (Å²) in [5.41, 5.74) is 1.67. The Bertz CT molecular complexity index is 1320. The molecule has 9 heteroatoms. The first-order chi connectivity index (χ1) is 18.1. The van der Waals surface area contributed by atoms with Gasteiger partial charge in [0.05, 0.1) is 11.9 Å². The van der Waals surface area contributed by atoms with Crippen molar-refractivity contribution in [3.63, 3.8) is 0 Å². The topological polar surface area (TPSA) is 86.8 Å². The summed E-state index contributed by atoms with van der Waals surface area (Å²) in [6.07, 6.45) is 1.90. The molecule has 3 rings (SSSR count). The second kappa shape index (κ2) is 13.2. The van der Waals surface area contributed by atoms with E-state index in [-0.39, 0.29) is 30.6 Å². The zero-order chi connectivity index (χ0) is 27.7. The van der Waals surface area contributed by atoms with Crippen LogP contribution in [0.2, 0.25) is 0 Å². The average molecular weight is 540 g/mol. The Kier molecular flexibility index (Phi) is 10.0. The molecule has 0 radical (unpaired) electrons. The molecule has 2 unspecified atom stereocenters. The standard InChI is InChI=1S/C29H34FN3O4S/c1-4-22(2)31-29(35)27(18-23-12-7-5-8-13-23)32(20-24-14-9-6-10-15-24)28(34)21-33(38(3,36)37)26-17-11-16-25(30)19-26/h5-17,19,22,27H,4,18,20-21H2,1-3H3,(H,31,35). The summed E-state index contributed by atoms with van der Waals surface area (Å²) in [6.45, 7) is 3.34. The van der Waals surface area contributed by atoms with Crippen LogP contribution in [0.4, 0.5) is 10.1 Å². The van der Waals surface area contributed by atoms with Crippen molar-refractivity contribution in [2.75, 3.05) is 17.1 Å². The highest BCUT2D eigenvalue weighted by Crippen LogP contribution is 2.21. The van der Waals surface area contributed by atoms with E-state index in [1.807, 2.05) is 74.5 Å². The van der Waals surface area contributed by atoms with E-state index in [4.69, 9.17) is 0 Å². The largest absolute Gasteiger partial charge is 0.352 e. The van der Waals surface area contributed by atoms with Crippen molar-refractivity contribution >= 4 is 27.5 Å². The molecule has 0 aromatic heterocycles. The van der Waals surface area contributed by atoms with Gasteiger partial charge in [-0.2, -0.15) is 0 Å². The van der Waals surface area contributed by atoms with E-state index in [1.165, 1.54) is 23.1 Å². The van der Waals surface area contributed by atoms with Gasteiger partial charge in [0, 0.05) is 19.0 Å². The Labute approximate surface area is 224 Å². The number of nitrogens with zero attached hydrogens (tertiary/aromatic N) is 2. The smallest absolute Gasteiger partial charge is 0.244 e. The summed E-state index contributed by atoms with van der Waals surface area (Å²) >= 11 is 0. The van der Waals surface area contributed by atoms with E-state index in [9.17, 15) is 22.4 Å². The fourth-order valence-electron chi connectivity index (χ4n) is 4.02. The molecule has 2 amide bonds. The highest BCUT2D eigenvalue weighted by Gasteiger charge is 2.33. The molecule has 0 heterocycles. The maximum absolute atomic E-state index is 14.0. The van der Waals surface area contributed by atoms with Crippen LogP contribution in [-0.2, 0) is 32.6 Å². The highest BCUT2D eigenvalue weighted by atomic mass is 32.2. The van der Waals surface area contributed by atoms with Gasteiger partial charge >= 0.3 is 0 Å². The van der Waals surface area contributed by atoms with Crippen molar-refractivity contribution in [2.45, 2.75) is 45.3 Å². The van der Waals surface area contributed by atoms with Gasteiger partial charge in [-0.1, -0.05) is 73.7 Å². The number of hydrogen-bond donors (Lipinski definition) is 1. The third-order valence-corrected chi connectivity index (χ3v) is 7.38. The van der Waals surface area contributed by atoms with Crippen molar-refractivity contribution in [3.8, 4) is 0 Å². The molecule has 38 heavy (non-hydrogen) atoms. The molecule has 0 saturated carbocycles. The monoisotopic (exact) mass is 539 g/mol. The number of carbonyl (C=O) groups is 2. The fourth-order valence-corrected chi connectivity index (χ4v) is 4.86. The summed E-state index contributed by atoms with van der Waals surface area (Å²) in [4.78, 5) is 28.9. The van der Waals surface area contributed by atoms with E-state index < -0.39 is 34.3 Å². The zero-order valence-corrected chi connectivity index (χ0v) is 22.7. The Balaban J connectivity index is 2.04. The van der Waals surface area contributed by atoms with Crippen LogP contribution in [0.3, 0.4) is 0 Å². The zero-order valence-electron chi connectivity index (χ0n) is 21.9. The van der Waals surface area contributed by atoms with Gasteiger partial charge in [-0.3, -0.25) is 13.9 Å². The number of benzene rings is 3. The molecule has 0 fully saturated rings. The molecule has 0 bridgehead atoms. The molecule has 0 aliphatic heterocycles. The normalized spacial score (nSPS) is 12.8. The maximum atomic E-state index is 14.0. The average Bonchev–Trinajstić information content (AvgIpc) is 2.89. The van der Waals surface area contributed by atoms with E-state index in [0.717, 1.165) is 27.8 Å². The predicted octanol–water partition coefficient (Wildman–Crippen LogP) is 4.15. The second-order valence-corrected chi connectivity index (χ2v) is 11.2. The lowest BCUT2D eigenvalue weighted by molar-refractivity contribution is -0.140. The minimum atomic E-state index is -3.95. The number of halogens is 1. The Morgan fingerprint density at radius 1 is 0.921 bits per heavy atom. The minimum Gasteiger partial charge on any atom is -0.352 e. The number of sulfonamides is 1. The molecule has 0 saturated heterocycles. The van der Waals surface area contributed by atoms with Gasteiger partial charge in [-0.25, -0.2) is 12.8 Å². The molecular formula is C29H34FN3O4S. The second-order valence-electron chi connectivity index (χ2n) is 9.28. The van der Waals surface area contributed by atoms with Gasteiger partial charge in [0.2, 0.25) is 21.8 Å². The quantitative estimate of drug-likeness (QED) is 0.375. The lowest BCUT2D eigenvalue weighted by Gasteiger charge is -2.34. The van der Waals surface area contributed by atoms with E-state index in [1.54, 1.807) is 0 Å². The first-order valence-corrected chi connectivity index (χ1v) is 14.3. The van der Waals surface area contributed by atoms with Crippen LogP contribution in [0.25, 0.3) is 0 Å². The van der Waals surface area contributed by atoms with Crippen LogP contribution in [0.5, 0.6) is 0 Å². The number of rotatable bonds is 12. The van der Waals surface area contributed by atoms with Crippen molar-refractivity contribution in [1.82, 2.24) is 10.2 Å². The highest BCUT2D eigenvalue weighted by molar-refractivity contribution is 7.92. The summed E-state index contributed by atoms with van der Waals surface area (Å²) in [7, 11) is -3.95. The van der Waals surface area contributed by atoms with Crippen LogP contribution in [0, 0.1) is 5.82 Å². The number of anilines is 1. The molecule has 0 spiro atoms. The van der Waals surface area contributed by atoms with Gasteiger partial charge in [0.15, 0.2) is 0 Å². The van der Waals surface area contributed by atoms with Gasteiger partial charge in [0.1, 0.15) is 18.4 Å². The van der Waals surface area contributed by atoms with Crippen LogP contribution in [0.15, 0.2) is 84.9 Å². The van der Waals surface area contributed by atoms with Crippen LogP contribution in [-0.4, -0.2) is 50.0 Å². The third kappa shape index (κ3) is 8.14. The molecule has 7 nitrogen and oxygen atoms in total. The Hall–Kier alpha value is -3.72. The third-order valence-electron chi connectivity index (χ3n) is 6.24. The first-order valence-electron chi connectivity index (χ1n) is 12.5. The summed E-state index contributed by atoms with van der Waals surface area (Å²) < 4.78 is 40.2. The van der Waals surface area contributed by atoms with Crippen molar-refractivity contribution < 1.29 is 22.4 Å². The number of hydrogen-bond acceptors (Lipinski definition) is 4. The number of nitrogens with one attached hydrogen (secondary N) is 1. The number of amides is 2. The Morgan fingerprint density at radius 3 is 2.08 bits per heavy atom. The summed E-state index contributed by atoms with van der Waals surface area (Å²) in [5.74, 6) is -1.53. The van der Waals surface area contributed by atoms with Crippen molar-refractivity contribution in [3.05, 3.63) is 102 Å². The minimum absolute atomic E-state index is 0.0316. The lowest BCUT2D eigenvalue weighted by Crippen LogP contribution is -2.54. The molecule has 2 atom stereocenters. The molecule has 3 aromatic carbocycles. The van der Waals surface area contributed by atoms with Gasteiger partial charge < -0.3 is 10.2 Å². The van der Waals surface area contributed by atoms with Gasteiger partial charge in [-0.15, -0.1) is 0 Å². The van der Waals surface area contributed by atoms with Gasteiger partial charge in [-0.05, 0) is 42.7 Å². The molecule has 202 valence electrons. The van der Waals surface area contributed by atoms with E-state index in [0.29, 0.717) is 6.42 Å². The van der Waals surface area contributed by atoms with Crippen LogP contribution in [0.1, 0.15) is 31.4 Å². The molecule has 1 N–H and O–H groups in total. The van der Waals surface area contributed by atoms with Crippen molar-refractivity contribution in [1.29, 1.82) is 0 Å². The molecule has 3 aromatic rings. The number of carbonyl (C=O) groups excluding carboxylic acids is 2. The van der Waals surface area contributed by atoms with E-state index >= 15 is 0 Å². The SMILES string of the molecule is CCC(C)NC(=O)C(Cc1ccccc1)N(Cc1ccccc1)C(=O)CN(c1cccc(F)c1)S(C)(=O)=O. The fraction of sp³-hybridized carbons (Fsp3) is 0.310. The molecule has 0 aliphatic rings. The summed E-state index contributed by atoms with van der Waals surface area (Å²) in [6, 6.07) is 22.6. The maximum Gasteiger partial charge on any atom is 0.244 e.